The third kappa shape index (κ3) is 3.14. The average Bonchev–Trinajstić information content (AvgIpc) is 2.03. The minimum absolute atomic E-state index is 1.31. The molecule has 1 aromatic rings. The van der Waals surface area contributed by atoms with Gasteiger partial charge in [-0.05, 0) is 38.3 Å². The predicted molar refractivity (Wildman–Crippen MR) is 56.5 cm³/mol. The van der Waals surface area contributed by atoms with Crippen LogP contribution in [0.25, 0.3) is 0 Å². The minimum Gasteiger partial charge on any atom is -0.0981 e. The van der Waals surface area contributed by atoms with Crippen molar-refractivity contribution >= 4 is 11.8 Å². The highest BCUT2D eigenvalue weighted by Gasteiger charge is 1.89. The van der Waals surface area contributed by atoms with Gasteiger partial charge in [-0.25, -0.2) is 0 Å². The Morgan fingerprint density at radius 2 is 1.75 bits per heavy atom. The van der Waals surface area contributed by atoms with Gasteiger partial charge in [-0.1, -0.05) is 35.0 Å². The Morgan fingerprint density at radius 1 is 1.17 bits per heavy atom. The first-order valence-electron chi connectivity index (χ1n) is 4.05. The van der Waals surface area contributed by atoms with Crippen molar-refractivity contribution in [2.45, 2.75) is 25.7 Å². The molecule has 0 nitrogen and oxygen atoms in total. The molecule has 0 radical (unpaired) electrons. The molecule has 0 aliphatic heterocycles. The first-order valence-corrected chi connectivity index (χ1v) is 4.93. The molecule has 1 heteroatoms. The second-order valence-corrected chi connectivity index (χ2v) is 4.07. The predicted octanol–water partition coefficient (Wildman–Crippen LogP) is 4.01. The molecule has 0 unspecified atom stereocenters. The van der Waals surface area contributed by atoms with Crippen LogP contribution in [0.1, 0.15) is 19.4 Å². The molecular weight excluding hydrogens is 164 g/mol. The van der Waals surface area contributed by atoms with Crippen molar-refractivity contribution in [3.8, 4) is 0 Å². The van der Waals surface area contributed by atoms with Crippen LogP contribution in [-0.2, 0) is 0 Å². The summed E-state index contributed by atoms with van der Waals surface area (Å²) in [6.07, 6.45) is 0. The van der Waals surface area contributed by atoms with Crippen LogP contribution < -0.4 is 0 Å². The van der Waals surface area contributed by atoms with E-state index >= 15 is 0 Å². The van der Waals surface area contributed by atoms with Crippen LogP contribution in [0.15, 0.2) is 40.1 Å². The summed E-state index contributed by atoms with van der Waals surface area (Å²) in [6, 6.07) is 8.58. The fourth-order valence-electron chi connectivity index (χ4n) is 0.803. The molecule has 0 aliphatic rings. The van der Waals surface area contributed by atoms with Gasteiger partial charge in [0, 0.05) is 4.90 Å². The summed E-state index contributed by atoms with van der Waals surface area (Å²) >= 11 is 1.78. The van der Waals surface area contributed by atoms with Crippen molar-refractivity contribution in [1.82, 2.24) is 0 Å². The quantitative estimate of drug-likeness (QED) is 0.616. The highest BCUT2D eigenvalue weighted by Crippen LogP contribution is 2.20. The van der Waals surface area contributed by atoms with Gasteiger partial charge >= 0.3 is 0 Å². The van der Waals surface area contributed by atoms with Crippen LogP contribution in [0, 0.1) is 6.92 Å². The third-order valence-corrected chi connectivity index (χ3v) is 2.59. The molecule has 0 saturated carbocycles. The molecule has 0 bridgehead atoms. The van der Waals surface area contributed by atoms with Gasteiger partial charge in [-0.15, -0.1) is 0 Å². The lowest BCUT2D eigenvalue weighted by molar-refractivity contribution is 1.38. The molecule has 0 aromatic heterocycles. The van der Waals surface area contributed by atoms with E-state index in [1.54, 1.807) is 11.8 Å². The van der Waals surface area contributed by atoms with Gasteiger partial charge in [0.25, 0.3) is 0 Å². The monoisotopic (exact) mass is 178 g/mol. The van der Waals surface area contributed by atoms with Gasteiger partial charge in [-0.2, -0.15) is 0 Å². The van der Waals surface area contributed by atoms with Crippen molar-refractivity contribution < 1.29 is 0 Å². The number of allylic oxidation sites excluding steroid dienone is 1. The number of hydrogen-bond acceptors (Lipinski definition) is 1. The molecule has 0 amide bonds. The second kappa shape index (κ2) is 4.36. The Balaban J connectivity index is 2.65. The van der Waals surface area contributed by atoms with Gasteiger partial charge in [0.2, 0.25) is 0 Å². The van der Waals surface area contributed by atoms with E-state index in [0.29, 0.717) is 0 Å². The van der Waals surface area contributed by atoms with Gasteiger partial charge in [0.15, 0.2) is 0 Å². The molecule has 0 atom stereocenters. The molecular formula is C11H14S. The van der Waals surface area contributed by atoms with Crippen LogP contribution in [-0.4, -0.2) is 0 Å². The van der Waals surface area contributed by atoms with Gasteiger partial charge in [-0.3, -0.25) is 0 Å². The molecule has 64 valence electrons. The molecule has 12 heavy (non-hydrogen) atoms. The van der Waals surface area contributed by atoms with E-state index in [0.717, 1.165) is 0 Å². The molecule has 1 rings (SSSR count). The van der Waals surface area contributed by atoms with Crippen LogP contribution >= 0.6 is 11.8 Å². The van der Waals surface area contributed by atoms with Crippen LogP contribution in [0.5, 0.6) is 0 Å². The second-order valence-electron chi connectivity index (χ2n) is 3.13. The van der Waals surface area contributed by atoms with Crippen molar-refractivity contribution in [3.05, 3.63) is 40.8 Å². The molecule has 0 saturated heterocycles. The Morgan fingerprint density at radius 3 is 2.25 bits per heavy atom. The van der Waals surface area contributed by atoms with Gasteiger partial charge < -0.3 is 0 Å². The van der Waals surface area contributed by atoms with Gasteiger partial charge in [0.05, 0.1) is 0 Å². The number of hydrogen-bond donors (Lipinski definition) is 0. The highest BCUT2D eigenvalue weighted by molar-refractivity contribution is 8.02. The summed E-state index contributed by atoms with van der Waals surface area (Å²) in [5.74, 6) is 0. The van der Waals surface area contributed by atoms with E-state index in [9.17, 15) is 0 Å². The summed E-state index contributed by atoms with van der Waals surface area (Å²) < 4.78 is 0. The maximum atomic E-state index is 2.17. The van der Waals surface area contributed by atoms with Crippen molar-refractivity contribution in [2.75, 3.05) is 0 Å². The van der Waals surface area contributed by atoms with Crippen LogP contribution in [0.3, 0.4) is 0 Å². The lowest BCUT2D eigenvalue weighted by Crippen LogP contribution is -1.71. The average molecular weight is 178 g/mol. The summed E-state index contributed by atoms with van der Waals surface area (Å²) in [5, 5.41) is 2.17. The lowest BCUT2D eigenvalue weighted by atomic mass is 10.2. The lowest BCUT2D eigenvalue weighted by Gasteiger charge is -1.97. The number of thioether (sulfide) groups is 1. The summed E-state index contributed by atoms with van der Waals surface area (Å²) in [6.45, 7) is 6.33. The van der Waals surface area contributed by atoms with E-state index in [1.807, 2.05) is 0 Å². The van der Waals surface area contributed by atoms with Crippen molar-refractivity contribution in [3.63, 3.8) is 0 Å². The summed E-state index contributed by atoms with van der Waals surface area (Å²) in [5.41, 5.74) is 2.66. The number of aryl methyl sites for hydroxylation is 1. The largest absolute Gasteiger partial charge is 0.0981 e. The van der Waals surface area contributed by atoms with E-state index in [2.05, 4.69) is 50.4 Å². The Bertz CT molecular complexity index is 266. The molecule has 0 spiro atoms. The molecule has 0 N–H and O–H groups in total. The van der Waals surface area contributed by atoms with E-state index in [4.69, 9.17) is 0 Å². The fraction of sp³-hybridized carbons (Fsp3) is 0.273. The number of rotatable bonds is 2. The first-order chi connectivity index (χ1) is 5.68. The smallest absolute Gasteiger partial charge is 0.0116 e. The standard InChI is InChI=1S/C11H14S/c1-9(2)8-12-11-6-4-10(3)5-7-11/h4-8H,1-3H3. The Hall–Kier alpha value is -0.690. The zero-order chi connectivity index (χ0) is 8.97. The van der Waals surface area contributed by atoms with Crippen LogP contribution in [0.4, 0.5) is 0 Å². The maximum absolute atomic E-state index is 2.17. The Labute approximate surface area is 78.7 Å². The zero-order valence-electron chi connectivity index (χ0n) is 7.79. The molecule has 0 aliphatic carbocycles. The van der Waals surface area contributed by atoms with E-state index in [1.165, 1.54) is 16.0 Å². The zero-order valence-corrected chi connectivity index (χ0v) is 8.61. The first kappa shape index (κ1) is 9.40. The number of benzene rings is 1. The molecule has 0 fully saturated rings. The molecule has 0 heterocycles. The summed E-state index contributed by atoms with van der Waals surface area (Å²) in [7, 11) is 0. The normalized spacial score (nSPS) is 9.58. The highest BCUT2D eigenvalue weighted by atomic mass is 32.2. The fourth-order valence-corrected chi connectivity index (χ4v) is 1.47. The topological polar surface area (TPSA) is 0 Å². The van der Waals surface area contributed by atoms with Crippen LogP contribution in [0.2, 0.25) is 0 Å². The molecule has 1 aromatic carbocycles. The van der Waals surface area contributed by atoms with E-state index < -0.39 is 0 Å². The van der Waals surface area contributed by atoms with Crippen molar-refractivity contribution in [2.24, 2.45) is 0 Å². The Kier molecular flexibility index (Phi) is 3.42. The van der Waals surface area contributed by atoms with Crippen molar-refractivity contribution in [1.29, 1.82) is 0 Å². The van der Waals surface area contributed by atoms with Gasteiger partial charge in [0.1, 0.15) is 0 Å². The summed E-state index contributed by atoms with van der Waals surface area (Å²) in [4.78, 5) is 1.31. The minimum atomic E-state index is 1.31. The maximum Gasteiger partial charge on any atom is 0.0116 e. The third-order valence-electron chi connectivity index (χ3n) is 1.45. The SMILES string of the molecule is CC(C)=CSc1ccc(C)cc1. The van der Waals surface area contributed by atoms with E-state index in [-0.39, 0.29) is 0 Å².